The molecule has 0 amide bonds. The summed E-state index contributed by atoms with van der Waals surface area (Å²) in [6.45, 7) is 1.40. The zero-order valence-corrected chi connectivity index (χ0v) is 19.0. The molecule has 0 aliphatic carbocycles. The van der Waals surface area contributed by atoms with E-state index < -0.39 is 0 Å². The molecule has 0 aromatic heterocycles. The van der Waals surface area contributed by atoms with Crippen LogP contribution in [-0.2, 0) is 22.5 Å². The van der Waals surface area contributed by atoms with Crippen molar-refractivity contribution >= 4 is 29.4 Å². The topological polar surface area (TPSA) is 71.1 Å². The molecule has 7 nitrogen and oxygen atoms in total. The number of fused-ring (bicyclic) bond motifs is 2. The predicted molar refractivity (Wildman–Crippen MR) is 119 cm³/mol. The van der Waals surface area contributed by atoms with E-state index in [0.29, 0.717) is 51.8 Å². The summed E-state index contributed by atoms with van der Waals surface area (Å²) in [5, 5.41) is 0.564. The van der Waals surface area contributed by atoms with Crippen LogP contribution < -0.4 is 14.2 Å². The Bertz CT molecular complexity index is 1110. The van der Waals surface area contributed by atoms with Gasteiger partial charge in [0.15, 0.2) is 23.8 Å². The molecule has 2 heterocycles. The predicted octanol–water partition coefficient (Wildman–Crippen LogP) is 3.65. The van der Waals surface area contributed by atoms with E-state index in [1.165, 1.54) is 13.2 Å². The number of methoxy groups -OCH3 is 2. The van der Waals surface area contributed by atoms with Gasteiger partial charge in [0, 0.05) is 11.4 Å². The molecule has 8 heteroatoms. The van der Waals surface area contributed by atoms with Crippen LogP contribution in [0.4, 0.5) is 0 Å². The molecule has 1 unspecified atom stereocenters. The molecular formula is C24H25ClNO6+. The second kappa shape index (κ2) is 8.84. The van der Waals surface area contributed by atoms with Crippen molar-refractivity contribution in [3.05, 3.63) is 57.6 Å². The van der Waals surface area contributed by atoms with Gasteiger partial charge in [-0.1, -0.05) is 29.8 Å². The van der Waals surface area contributed by atoms with Crippen LogP contribution in [-0.4, -0.2) is 57.4 Å². The number of halogens is 1. The van der Waals surface area contributed by atoms with Gasteiger partial charge in [-0.25, -0.2) is 4.79 Å². The number of quaternary nitrogens is 1. The van der Waals surface area contributed by atoms with Crippen LogP contribution in [0.2, 0.25) is 5.02 Å². The second-order valence-electron chi connectivity index (χ2n) is 8.13. The molecule has 0 bridgehead atoms. The summed E-state index contributed by atoms with van der Waals surface area (Å²) in [4.78, 5) is 25.3. The van der Waals surface area contributed by atoms with Gasteiger partial charge < -0.3 is 23.4 Å². The summed E-state index contributed by atoms with van der Waals surface area (Å²) in [6.07, 6.45) is 3.78. The highest BCUT2D eigenvalue weighted by molar-refractivity contribution is 6.32. The Morgan fingerprint density at radius 1 is 1.16 bits per heavy atom. The molecule has 0 N–H and O–H groups in total. The minimum absolute atomic E-state index is 0.0113. The van der Waals surface area contributed by atoms with E-state index >= 15 is 0 Å². The fourth-order valence-corrected chi connectivity index (χ4v) is 4.53. The maximum Gasteiger partial charge on any atom is 0.361 e. The fourth-order valence-electron chi connectivity index (χ4n) is 4.33. The molecule has 0 saturated heterocycles. The molecule has 32 heavy (non-hydrogen) atoms. The van der Waals surface area contributed by atoms with Crippen molar-refractivity contribution in [2.75, 3.05) is 41.1 Å². The molecule has 2 aliphatic heterocycles. The van der Waals surface area contributed by atoms with Crippen LogP contribution in [0.15, 0.2) is 30.3 Å². The lowest BCUT2D eigenvalue weighted by atomic mass is 9.89. The third kappa shape index (κ3) is 4.06. The molecule has 0 radical (unpaired) electrons. The number of nitrogens with zero attached hydrogens (tertiary/aromatic N) is 1. The molecule has 0 fully saturated rings. The van der Waals surface area contributed by atoms with Crippen molar-refractivity contribution in [3.63, 3.8) is 0 Å². The molecule has 1 atom stereocenters. The number of esters is 1. The average molecular weight is 459 g/mol. The Hall–Kier alpha value is -3.03. The third-order valence-corrected chi connectivity index (χ3v) is 6.28. The molecule has 168 valence electrons. The molecule has 2 aromatic carbocycles. The van der Waals surface area contributed by atoms with Gasteiger partial charge in [0.2, 0.25) is 12.5 Å². The van der Waals surface area contributed by atoms with Gasteiger partial charge in [0.1, 0.15) is 6.54 Å². The number of ether oxygens (including phenoxy) is 4. The van der Waals surface area contributed by atoms with Gasteiger partial charge in [-0.15, -0.1) is 0 Å². The van der Waals surface area contributed by atoms with Crippen molar-refractivity contribution in [2.45, 2.75) is 13.0 Å². The van der Waals surface area contributed by atoms with Crippen LogP contribution >= 0.6 is 11.6 Å². The summed E-state index contributed by atoms with van der Waals surface area (Å²) in [6, 6.07) is 7.31. The first kappa shape index (κ1) is 22.2. The summed E-state index contributed by atoms with van der Waals surface area (Å²) in [7, 11) is 4.94. The quantitative estimate of drug-likeness (QED) is 0.285. The Balaban J connectivity index is 1.78. The van der Waals surface area contributed by atoms with Gasteiger partial charge >= 0.3 is 5.97 Å². The van der Waals surface area contributed by atoms with Crippen molar-refractivity contribution in [2.24, 2.45) is 0 Å². The Morgan fingerprint density at radius 3 is 2.62 bits per heavy atom. The highest BCUT2D eigenvalue weighted by Gasteiger charge is 2.40. The number of allylic oxidation sites excluding steroid dienone is 1. The number of rotatable bonds is 6. The maximum absolute atomic E-state index is 13.4. The number of likely N-dealkylation sites (N-methyl/N-ethyl adjacent to an activating group) is 1. The van der Waals surface area contributed by atoms with Gasteiger partial charge in [0.25, 0.3) is 0 Å². The largest absolute Gasteiger partial charge is 0.492 e. The average Bonchev–Trinajstić information content (AvgIpc) is 3.25. The monoisotopic (exact) mass is 458 g/mol. The highest BCUT2D eigenvalue weighted by atomic mass is 35.5. The van der Waals surface area contributed by atoms with Crippen LogP contribution in [0.1, 0.15) is 27.0 Å². The van der Waals surface area contributed by atoms with E-state index in [1.54, 1.807) is 19.3 Å². The highest BCUT2D eigenvalue weighted by Crippen LogP contribution is 2.50. The first-order chi connectivity index (χ1) is 15.4. The summed E-state index contributed by atoms with van der Waals surface area (Å²) < 4.78 is 22.4. The summed E-state index contributed by atoms with van der Waals surface area (Å²) in [5.41, 5.74) is 2.94. The Labute approximate surface area is 191 Å². The fraction of sp³-hybridized carbons (Fsp3) is 0.333. The number of hydrogen-bond acceptors (Lipinski definition) is 6. The SMILES string of the molecule is COC(=O)C[N+]1(C)CCc2c(c(OC)c3c(c2C(=O)/C=C/c2ccccc2Cl)OCO3)C1. The number of carbonyl (C=O) groups excluding carboxylic acids is 2. The van der Waals surface area contributed by atoms with E-state index in [0.717, 1.165) is 16.7 Å². The van der Waals surface area contributed by atoms with Crippen molar-refractivity contribution in [3.8, 4) is 17.2 Å². The van der Waals surface area contributed by atoms with Crippen LogP contribution in [0.25, 0.3) is 6.08 Å². The zero-order chi connectivity index (χ0) is 22.9. The van der Waals surface area contributed by atoms with Crippen LogP contribution in [0.3, 0.4) is 0 Å². The molecule has 4 rings (SSSR count). The lowest BCUT2D eigenvalue weighted by Gasteiger charge is -2.38. The smallest absolute Gasteiger partial charge is 0.361 e. The van der Waals surface area contributed by atoms with Gasteiger partial charge in [-0.2, -0.15) is 0 Å². The Kier molecular flexibility index (Phi) is 6.13. The van der Waals surface area contributed by atoms with Crippen LogP contribution in [0.5, 0.6) is 17.2 Å². The van der Waals surface area contributed by atoms with Crippen molar-refractivity contribution in [1.29, 1.82) is 0 Å². The minimum Gasteiger partial charge on any atom is -0.492 e. The third-order valence-electron chi connectivity index (χ3n) is 5.94. The number of benzene rings is 2. The lowest BCUT2D eigenvalue weighted by Crippen LogP contribution is -2.51. The minimum atomic E-state index is -0.283. The first-order valence-electron chi connectivity index (χ1n) is 10.3. The van der Waals surface area contributed by atoms with Gasteiger partial charge in [-0.05, 0) is 29.3 Å². The molecule has 0 spiro atoms. The molecule has 0 saturated carbocycles. The van der Waals surface area contributed by atoms with E-state index in [-0.39, 0.29) is 25.1 Å². The van der Waals surface area contributed by atoms with E-state index in [2.05, 4.69) is 0 Å². The second-order valence-corrected chi connectivity index (χ2v) is 8.54. The number of ketones is 1. The molecule has 2 aromatic rings. The van der Waals surface area contributed by atoms with Crippen LogP contribution in [0, 0.1) is 0 Å². The van der Waals surface area contributed by atoms with E-state index in [9.17, 15) is 9.59 Å². The standard InChI is InChI=1S/C24H25ClNO6/c1-26(13-20(28)29-2)11-10-16-17(12-26)22(30-3)24-23(31-14-32-24)21(16)19(27)9-8-15-6-4-5-7-18(15)25/h4-9H,10-14H2,1-3H3/q+1/b9-8+. The van der Waals surface area contributed by atoms with Crippen molar-refractivity contribution in [1.82, 2.24) is 0 Å². The Morgan fingerprint density at radius 2 is 1.91 bits per heavy atom. The number of carbonyl (C=O) groups is 2. The first-order valence-corrected chi connectivity index (χ1v) is 10.6. The summed E-state index contributed by atoms with van der Waals surface area (Å²) >= 11 is 6.22. The number of hydrogen-bond donors (Lipinski definition) is 0. The molecular weight excluding hydrogens is 434 g/mol. The zero-order valence-electron chi connectivity index (χ0n) is 18.3. The summed E-state index contributed by atoms with van der Waals surface area (Å²) in [5.74, 6) is 0.892. The van der Waals surface area contributed by atoms with Crippen molar-refractivity contribution < 1.29 is 33.0 Å². The van der Waals surface area contributed by atoms with E-state index in [1.807, 2.05) is 25.2 Å². The lowest BCUT2D eigenvalue weighted by molar-refractivity contribution is -0.917. The van der Waals surface area contributed by atoms with E-state index in [4.69, 9.17) is 30.5 Å². The molecule has 2 aliphatic rings. The van der Waals surface area contributed by atoms with Gasteiger partial charge in [-0.3, -0.25) is 4.79 Å². The normalized spacial score (nSPS) is 19.0. The van der Waals surface area contributed by atoms with Gasteiger partial charge in [0.05, 0.1) is 38.9 Å². The maximum atomic E-state index is 13.4.